The molecule has 4 nitrogen and oxygen atoms in total. The summed E-state index contributed by atoms with van der Waals surface area (Å²) in [6, 6.07) is 18.5. The van der Waals surface area contributed by atoms with E-state index in [1.54, 1.807) is 58.3 Å². The van der Waals surface area contributed by atoms with E-state index < -0.39 is 0 Å². The average Bonchev–Trinajstić information content (AvgIpc) is 2.70. The van der Waals surface area contributed by atoms with Crippen molar-refractivity contribution in [2.24, 2.45) is 0 Å². The summed E-state index contributed by atoms with van der Waals surface area (Å²) in [4.78, 5) is 18.2. The molecule has 142 valence electrons. The minimum Gasteiger partial charge on any atom is -0.335 e. The van der Waals surface area contributed by atoms with E-state index in [0.717, 1.165) is 5.69 Å². The molecule has 0 radical (unpaired) electrons. The molecular weight excluding hydrogens is 384 g/mol. The Bertz CT molecular complexity index is 921. The lowest BCUT2D eigenvalue weighted by atomic mass is 10.2. The number of rotatable bonds is 3. The molecular formula is C21H16ClF2N3O. The third-order valence-corrected chi connectivity index (χ3v) is 4.81. The Labute approximate surface area is 166 Å². The molecule has 3 aromatic rings. The maximum atomic E-state index is 13.3. The Hall–Kier alpha value is -3.12. The van der Waals surface area contributed by atoms with Crippen LogP contribution in [0.25, 0.3) is 0 Å². The first kappa shape index (κ1) is 18.3. The van der Waals surface area contributed by atoms with E-state index in [2.05, 4.69) is 0 Å². The van der Waals surface area contributed by atoms with Gasteiger partial charge in [-0.1, -0.05) is 11.6 Å². The molecule has 0 N–H and O–H groups in total. The lowest BCUT2D eigenvalue weighted by Gasteiger charge is -2.43. The second-order valence-corrected chi connectivity index (χ2v) is 6.83. The topological polar surface area (TPSA) is 26.8 Å². The lowest BCUT2D eigenvalue weighted by molar-refractivity contribution is 0.248. The van der Waals surface area contributed by atoms with Crippen molar-refractivity contribution in [1.82, 2.24) is 0 Å². The monoisotopic (exact) mass is 399 g/mol. The van der Waals surface area contributed by atoms with Crippen LogP contribution in [0.5, 0.6) is 0 Å². The van der Waals surface area contributed by atoms with Crippen LogP contribution in [-0.4, -0.2) is 19.4 Å². The molecule has 0 bridgehead atoms. The quantitative estimate of drug-likeness (QED) is 0.582. The van der Waals surface area contributed by atoms with Crippen molar-refractivity contribution in [2.75, 3.05) is 28.0 Å². The smallest absolute Gasteiger partial charge is 0.331 e. The fraction of sp³-hybridized carbons (Fsp3) is 0.0952. The van der Waals surface area contributed by atoms with Crippen LogP contribution in [-0.2, 0) is 0 Å². The zero-order chi connectivity index (χ0) is 19.7. The van der Waals surface area contributed by atoms with E-state index in [0.29, 0.717) is 16.4 Å². The predicted octanol–water partition coefficient (Wildman–Crippen LogP) is 5.49. The Kier molecular flexibility index (Phi) is 4.88. The Morgan fingerprint density at radius 3 is 1.50 bits per heavy atom. The fourth-order valence-corrected chi connectivity index (χ4v) is 3.22. The molecule has 1 heterocycles. The van der Waals surface area contributed by atoms with Crippen LogP contribution < -0.4 is 14.7 Å². The first-order chi connectivity index (χ1) is 13.5. The van der Waals surface area contributed by atoms with E-state index in [4.69, 9.17) is 11.6 Å². The van der Waals surface area contributed by atoms with E-state index in [1.165, 1.54) is 24.3 Å². The molecule has 0 atom stereocenters. The summed E-state index contributed by atoms with van der Waals surface area (Å²) in [5, 5.41) is 0.569. The van der Waals surface area contributed by atoms with Gasteiger partial charge in [0.15, 0.2) is 0 Å². The summed E-state index contributed by atoms with van der Waals surface area (Å²) in [6.07, 6.45) is 0. The van der Waals surface area contributed by atoms with Crippen LogP contribution >= 0.6 is 11.6 Å². The van der Waals surface area contributed by atoms with Crippen molar-refractivity contribution in [3.63, 3.8) is 0 Å². The number of amides is 2. The number of nitrogens with zero attached hydrogens (tertiary/aromatic N) is 3. The van der Waals surface area contributed by atoms with Crippen LogP contribution in [0.15, 0.2) is 72.8 Å². The highest BCUT2D eigenvalue weighted by Crippen LogP contribution is 2.29. The van der Waals surface area contributed by atoms with E-state index >= 15 is 0 Å². The second kappa shape index (κ2) is 7.48. The fourth-order valence-electron chi connectivity index (χ4n) is 3.09. The summed E-state index contributed by atoms with van der Waals surface area (Å²) in [5.74, 6) is -0.708. The zero-order valence-corrected chi connectivity index (χ0v) is 15.5. The van der Waals surface area contributed by atoms with Gasteiger partial charge in [0.2, 0.25) is 0 Å². The van der Waals surface area contributed by atoms with Gasteiger partial charge in [0.05, 0.1) is 0 Å². The molecule has 0 unspecified atom stereocenters. The Morgan fingerprint density at radius 2 is 1.04 bits per heavy atom. The number of carbonyl (C=O) groups is 1. The second-order valence-electron chi connectivity index (χ2n) is 6.39. The Morgan fingerprint density at radius 1 is 0.643 bits per heavy atom. The van der Waals surface area contributed by atoms with Crippen LogP contribution in [0, 0.1) is 11.6 Å². The SMILES string of the molecule is O=C1N(c2ccc(F)cc2)CN(c2ccc(F)cc2)CN1c1ccc(Cl)cc1. The van der Waals surface area contributed by atoms with Gasteiger partial charge in [-0.2, -0.15) is 0 Å². The maximum Gasteiger partial charge on any atom is 0.331 e. The summed E-state index contributed by atoms with van der Waals surface area (Å²) in [7, 11) is 0. The molecule has 0 aromatic heterocycles. The number of urea groups is 1. The molecule has 1 aliphatic rings. The number of hydrogen-bond donors (Lipinski definition) is 0. The average molecular weight is 400 g/mol. The molecule has 2 amide bonds. The van der Waals surface area contributed by atoms with Gasteiger partial charge in [-0.05, 0) is 72.8 Å². The third kappa shape index (κ3) is 3.64. The standard InChI is InChI=1S/C21H16ClF2N3O/c22-15-1-7-19(8-2-15)26-13-25(18-9-3-16(23)4-10-18)14-27(21(26)28)20-11-5-17(24)6-12-20/h1-12H,13-14H2. The minimum absolute atomic E-state index is 0.243. The first-order valence-electron chi connectivity index (χ1n) is 8.62. The molecule has 28 heavy (non-hydrogen) atoms. The number of anilines is 3. The number of hydrogen-bond acceptors (Lipinski definition) is 2. The molecule has 7 heteroatoms. The molecule has 1 aliphatic heterocycles. The molecule has 3 aromatic carbocycles. The van der Waals surface area contributed by atoms with Crippen molar-refractivity contribution in [3.05, 3.63) is 89.5 Å². The van der Waals surface area contributed by atoms with Gasteiger partial charge in [-0.25, -0.2) is 13.6 Å². The van der Waals surface area contributed by atoms with E-state index in [-0.39, 0.29) is 31.0 Å². The summed E-state index contributed by atoms with van der Waals surface area (Å²) < 4.78 is 26.7. The van der Waals surface area contributed by atoms with Crippen molar-refractivity contribution in [3.8, 4) is 0 Å². The molecule has 1 fully saturated rings. The molecule has 0 saturated carbocycles. The minimum atomic E-state index is -0.377. The van der Waals surface area contributed by atoms with Crippen LogP contribution in [0.4, 0.5) is 30.6 Å². The summed E-state index contributed by atoms with van der Waals surface area (Å²) in [5.41, 5.74) is 2.01. The van der Waals surface area contributed by atoms with Crippen molar-refractivity contribution >= 4 is 34.7 Å². The largest absolute Gasteiger partial charge is 0.335 e. The van der Waals surface area contributed by atoms with Crippen molar-refractivity contribution in [2.45, 2.75) is 0 Å². The highest BCUT2D eigenvalue weighted by Gasteiger charge is 2.32. The van der Waals surface area contributed by atoms with Gasteiger partial charge < -0.3 is 4.90 Å². The van der Waals surface area contributed by atoms with Gasteiger partial charge in [-0.15, -0.1) is 0 Å². The molecule has 1 saturated heterocycles. The molecule has 0 spiro atoms. The normalized spacial score (nSPS) is 14.5. The highest BCUT2D eigenvalue weighted by molar-refractivity contribution is 6.30. The van der Waals surface area contributed by atoms with Gasteiger partial charge >= 0.3 is 6.03 Å². The van der Waals surface area contributed by atoms with Crippen molar-refractivity contribution in [1.29, 1.82) is 0 Å². The predicted molar refractivity (Wildman–Crippen MR) is 107 cm³/mol. The maximum absolute atomic E-state index is 13.3. The van der Waals surface area contributed by atoms with E-state index in [1.807, 2.05) is 4.90 Å². The number of halogens is 3. The van der Waals surface area contributed by atoms with Gasteiger partial charge in [0, 0.05) is 22.1 Å². The number of benzene rings is 3. The first-order valence-corrected chi connectivity index (χ1v) is 9.00. The zero-order valence-electron chi connectivity index (χ0n) is 14.7. The lowest BCUT2D eigenvalue weighted by Crippen LogP contribution is -2.59. The Balaban J connectivity index is 1.72. The summed E-state index contributed by atoms with van der Waals surface area (Å²) in [6.45, 7) is 0.532. The number of carbonyl (C=O) groups excluding carboxylic acids is 1. The van der Waals surface area contributed by atoms with Crippen LogP contribution in [0.3, 0.4) is 0 Å². The third-order valence-electron chi connectivity index (χ3n) is 4.55. The van der Waals surface area contributed by atoms with Gasteiger partial charge in [0.1, 0.15) is 25.0 Å². The van der Waals surface area contributed by atoms with Gasteiger partial charge in [0.25, 0.3) is 0 Å². The van der Waals surface area contributed by atoms with Crippen LogP contribution in [0.1, 0.15) is 0 Å². The van der Waals surface area contributed by atoms with E-state index in [9.17, 15) is 13.6 Å². The summed E-state index contributed by atoms with van der Waals surface area (Å²) >= 11 is 5.97. The van der Waals surface area contributed by atoms with Crippen LogP contribution in [0.2, 0.25) is 5.02 Å². The molecule has 4 rings (SSSR count). The van der Waals surface area contributed by atoms with Crippen molar-refractivity contribution < 1.29 is 13.6 Å². The van der Waals surface area contributed by atoms with Gasteiger partial charge in [-0.3, -0.25) is 9.80 Å². The molecule has 0 aliphatic carbocycles. The highest BCUT2D eigenvalue weighted by atomic mass is 35.5.